The van der Waals surface area contributed by atoms with E-state index in [0.29, 0.717) is 11.9 Å². The molecule has 0 heterocycles. The van der Waals surface area contributed by atoms with Crippen molar-refractivity contribution < 1.29 is 5.21 Å². The van der Waals surface area contributed by atoms with E-state index in [0.717, 1.165) is 19.4 Å². The summed E-state index contributed by atoms with van der Waals surface area (Å²) in [5.41, 5.74) is 8.01. The Hall–Kier alpha value is -1.55. The maximum atomic E-state index is 8.74. The zero-order valence-corrected chi connectivity index (χ0v) is 13.0. The Morgan fingerprint density at radius 3 is 2.75 bits per heavy atom. The molecule has 4 nitrogen and oxygen atoms in total. The van der Waals surface area contributed by atoms with Crippen LogP contribution < -0.4 is 11.1 Å². The lowest BCUT2D eigenvalue weighted by Crippen LogP contribution is -2.32. The highest BCUT2D eigenvalue weighted by atomic mass is 16.4. The van der Waals surface area contributed by atoms with Gasteiger partial charge in [-0.1, -0.05) is 48.8 Å². The second kappa shape index (κ2) is 7.29. The molecule has 1 rings (SSSR count). The van der Waals surface area contributed by atoms with Crippen LogP contribution in [0.1, 0.15) is 50.8 Å². The predicted octanol–water partition coefficient (Wildman–Crippen LogP) is 3.20. The van der Waals surface area contributed by atoms with Gasteiger partial charge in [-0.3, -0.25) is 0 Å². The van der Waals surface area contributed by atoms with E-state index in [2.05, 4.69) is 48.6 Å². The normalized spacial score (nSPS) is 14.3. The predicted molar refractivity (Wildman–Crippen MR) is 84.0 cm³/mol. The first-order chi connectivity index (χ1) is 9.36. The number of oxime groups is 1. The number of benzene rings is 1. The first kappa shape index (κ1) is 16.5. The maximum absolute atomic E-state index is 8.74. The van der Waals surface area contributed by atoms with E-state index in [1.165, 1.54) is 11.1 Å². The van der Waals surface area contributed by atoms with Crippen LogP contribution in [0.5, 0.6) is 0 Å². The summed E-state index contributed by atoms with van der Waals surface area (Å²) in [5, 5.41) is 15.4. The van der Waals surface area contributed by atoms with Crippen molar-refractivity contribution in [1.82, 2.24) is 5.32 Å². The molecule has 0 unspecified atom stereocenters. The van der Waals surface area contributed by atoms with Gasteiger partial charge in [0.1, 0.15) is 5.84 Å². The quantitative estimate of drug-likeness (QED) is 0.236. The summed E-state index contributed by atoms with van der Waals surface area (Å²) in [6.07, 6.45) is 1.87. The number of amidine groups is 1. The molecule has 1 aromatic rings. The Morgan fingerprint density at radius 1 is 1.45 bits per heavy atom. The van der Waals surface area contributed by atoms with Crippen LogP contribution in [0.15, 0.2) is 29.4 Å². The first-order valence-corrected chi connectivity index (χ1v) is 7.15. The Morgan fingerprint density at radius 2 is 2.15 bits per heavy atom. The second-order valence-electron chi connectivity index (χ2n) is 6.06. The summed E-state index contributed by atoms with van der Waals surface area (Å²) >= 11 is 0. The smallest absolute Gasteiger partial charge is 0.144 e. The molecule has 0 saturated carbocycles. The summed E-state index contributed by atoms with van der Waals surface area (Å²) in [7, 11) is 0. The molecule has 4 N–H and O–H groups in total. The molecule has 0 amide bonds. The average Bonchev–Trinajstić information content (AvgIpc) is 2.42. The molecule has 0 aliphatic rings. The van der Waals surface area contributed by atoms with Gasteiger partial charge in [-0.2, -0.15) is 0 Å². The number of hydrogen-bond donors (Lipinski definition) is 3. The van der Waals surface area contributed by atoms with E-state index in [1.54, 1.807) is 0 Å². The molecule has 0 aromatic heterocycles. The Labute approximate surface area is 122 Å². The fourth-order valence-corrected chi connectivity index (χ4v) is 2.17. The van der Waals surface area contributed by atoms with Crippen molar-refractivity contribution in [1.29, 1.82) is 0 Å². The van der Waals surface area contributed by atoms with Gasteiger partial charge in [-0.25, -0.2) is 0 Å². The molecule has 0 radical (unpaired) electrons. The highest BCUT2D eigenvalue weighted by Gasteiger charge is 2.22. The molecule has 1 aromatic carbocycles. The summed E-state index contributed by atoms with van der Waals surface area (Å²) in [6.45, 7) is 9.18. The molecule has 1 atom stereocenters. The average molecular weight is 277 g/mol. The Balaban J connectivity index is 2.38. The van der Waals surface area contributed by atoms with E-state index in [4.69, 9.17) is 10.9 Å². The molecule has 0 saturated heterocycles. The van der Waals surface area contributed by atoms with Gasteiger partial charge >= 0.3 is 0 Å². The van der Waals surface area contributed by atoms with Gasteiger partial charge in [0.15, 0.2) is 0 Å². The van der Waals surface area contributed by atoms with Crippen LogP contribution in [-0.2, 0) is 0 Å². The third-order valence-corrected chi connectivity index (χ3v) is 3.77. The Bertz CT molecular complexity index is 455. The maximum Gasteiger partial charge on any atom is 0.144 e. The van der Waals surface area contributed by atoms with Crippen molar-refractivity contribution in [2.24, 2.45) is 16.3 Å². The zero-order valence-electron chi connectivity index (χ0n) is 13.0. The summed E-state index contributed by atoms with van der Waals surface area (Å²) in [6, 6.07) is 8.88. The first-order valence-electron chi connectivity index (χ1n) is 7.15. The molecule has 0 aliphatic heterocycles. The van der Waals surface area contributed by atoms with Gasteiger partial charge in [-0.05, 0) is 38.8 Å². The molecular weight excluding hydrogens is 250 g/mol. The standard InChI is InChI=1S/C16H27N3O/c1-12-7-5-8-14(11-12)13(2)18-10-6-9-16(3,4)15(17)19-20/h5,7-8,11,13,18,20H,6,9-10H2,1-4H3,(H2,17,19)/t13-/m0/s1. The van der Waals surface area contributed by atoms with Gasteiger partial charge in [-0.15, -0.1) is 0 Å². The fourth-order valence-electron chi connectivity index (χ4n) is 2.17. The van der Waals surface area contributed by atoms with Crippen LogP contribution in [0.25, 0.3) is 0 Å². The summed E-state index contributed by atoms with van der Waals surface area (Å²) in [5.74, 6) is 0.296. The number of nitrogens with two attached hydrogens (primary N) is 1. The van der Waals surface area contributed by atoms with Crippen molar-refractivity contribution in [3.63, 3.8) is 0 Å². The van der Waals surface area contributed by atoms with Crippen LogP contribution in [0.3, 0.4) is 0 Å². The van der Waals surface area contributed by atoms with E-state index < -0.39 is 0 Å². The lowest BCUT2D eigenvalue weighted by atomic mass is 9.86. The molecule has 0 bridgehead atoms. The van der Waals surface area contributed by atoms with E-state index in [1.807, 2.05) is 13.8 Å². The monoisotopic (exact) mass is 277 g/mol. The molecule has 20 heavy (non-hydrogen) atoms. The second-order valence-corrected chi connectivity index (χ2v) is 6.06. The van der Waals surface area contributed by atoms with Gasteiger partial charge in [0.2, 0.25) is 0 Å². The SMILES string of the molecule is Cc1cccc([C@H](C)NCCCC(C)(C)/C(N)=N/O)c1. The molecule has 0 aliphatic carbocycles. The van der Waals surface area contributed by atoms with Crippen LogP contribution in [0.4, 0.5) is 0 Å². The number of rotatable bonds is 7. The van der Waals surface area contributed by atoms with Crippen molar-refractivity contribution in [3.05, 3.63) is 35.4 Å². The van der Waals surface area contributed by atoms with Crippen molar-refractivity contribution in [3.8, 4) is 0 Å². The van der Waals surface area contributed by atoms with E-state index >= 15 is 0 Å². The molecular formula is C16H27N3O. The number of nitrogens with zero attached hydrogens (tertiary/aromatic N) is 1. The molecule has 112 valence electrons. The number of hydrogen-bond acceptors (Lipinski definition) is 3. The van der Waals surface area contributed by atoms with Crippen LogP contribution in [0, 0.1) is 12.3 Å². The molecule has 0 fully saturated rings. The topological polar surface area (TPSA) is 70.6 Å². The third-order valence-electron chi connectivity index (χ3n) is 3.77. The van der Waals surface area contributed by atoms with Gasteiger partial charge in [0.05, 0.1) is 0 Å². The highest BCUT2D eigenvalue weighted by Crippen LogP contribution is 2.22. The van der Waals surface area contributed by atoms with Crippen LogP contribution in [-0.4, -0.2) is 17.6 Å². The van der Waals surface area contributed by atoms with E-state index in [9.17, 15) is 0 Å². The van der Waals surface area contributed by atoms with E-state index in [-0.39, 0.29) is 5.41 Å². The summed E-state index contributed by atoms with van der Waals surface area (Å²) < 4.78 is 0. The fraction of sp³-hybridized carbons (Fsp3) is 0.562. The molecule has 0 spiro atoms. The highest BCUT2D eigenvalue weighted by molar-refractivity contribution is 5.85. The number of nitrogens with one attached hydrogen (secondary N) is 1. The zero-order chi connectivity index (χ0) is 15.2. The lowest BCUT2D eigenvalue weighted by Gasteiger charge is -2.23. The largest absolute Gasteiger partial charge is 0.409 e. The minimum atomic E-state index is -0.261. The van der Waals surface area contributed by atoms with Crippen molar-refractivity contribution >= 4 is 5.84 Å². The van der Waals surface area contributed by atoms with Crippen LogP contribution >= 0.6 is 0 Å². The van der Waals surface area contributed by atoms with Crippen molar-refractivity contribution in [2.75, 3.05) is 6.54 Å². The summed E-state index contributed by atoms with van der Waals surface area (Å²) in [4.78, 5) is 0. The van der Waals surface area contributed by atoms with Crippen LogP contribution in [0.2, 0.25) is 0 Å². The van der Waals surface area contributed by atoms with Gasteiger partial charge in [0.25, 0.3) is 0 Å². The van der Waals surface area contributed by atoms with Crippen molar-refractivity contribution in [2.45, 2.75) is 46.6 Å². The molecule has 4 heteroatoms. The third kappa shape index (κ3) is 4.85. The minimum Gasteiger partial charge on any atom is -0.409 e. The Kier molecular flexibility index (Phi) is 6.02. The lowest BCUT2D eigenvalue weighted by molar-refractivity contribution is 0.304. The minimum absolute atomic E-state index is 0.261. The van der Waals surface area contributed by atoms with Gasteiger partial charge < -0.3 is 16.3 Å². The number of aryl methyl sites for hydroxylation is 1. The van der Waals surface area contributed by atoms with Gasteiger partial charge in [0, 0.05) is 11.5 Å².